The zero-order valence-corrected chi connectivity index (χ0v) is 8.35. The molecule has 78 valence electrons. The molecule has 1 heterocycles. The molecule has 1 rings (SSSR count). The quantitative estimate of drug-likeness (QED) is 0.796. The number of rotatable bonds is 3. The van der Waals surface area contributed by atoms with Crippen LogP contribution in [0.5, 0.6) is 0 Å². The minimum Gasteiger partial charge on any atom is -0.390 e. The van der Waals surface area contributed by atoms with E-state index < -0.39 is 6.43 Å². The summed E-state index contributed by atoms with van der Waals surface area (Å²) in [6.07, 6.45) is -2.56. The molecule has 0 bridgehead atoms. The number of aliphatic hydroxyl groups is 1. The van der Waals surface area contributed by atoms with Gasteiger partial charge in [-0.3, -0.25) is 4.98 Å². The smallest absolute Gasteiger partial charge is 0.264 e. The van der Waals surface area contributed by atoms with E-state index in [1.54, 1.807) is 0 Å². The van der Waals surface area contributed by atoms with Gasteiger partial charge in [0.15, 0.2) is 0 Å². The summed E-state index contributed by atoms with van der Waals surface area (Å²) in [5, 5.41) is 8.89. The molecule has 0 atom stereocenters. The van der Waals surface area contributed by atoms with Gasteiger partial charge in [0.05, 0.1) is 23.9 Å². The van der Waals surface area contributed by atoms with Crippen LogP contribution >= 0.6 is 11.6 Å². The first-order valence-electron chi connectivity index (χ1n) is 4.04. The Morgan fingerprint density at radius 3 is 2.64 bits per heavy atom. The zero-order valence-electron chi connectivity index (χ0n) is 7.60. The Hall–Kier alpha value is -0.740. The third kappa shape index (κ3) is 2.19. The maximum absolute atomic E-state index is 12.5. The molecule has 0 spiro atoms. The van der Waals surface area contributed by atoms with Crippen LogP contribution in [0.25, 0.3) is 0 Å². The Kier molecular flexibility index (Phi) is 3.77. The van der Waals surface area contributed by atoms with Crippen molar-refractivity contribution >= 4 is 11.6 Å². The van der Waals surface area contributed by atoms with E-state index in [4.69, 9.17) is 16.7 Å². The molecule has 2 nitrogen and oxygen atoms in total. The predicted octanol–water partition coefficient (Wildman–Crippen LogP) is 2.56. The van der Waals surface area contributed by atoms with Crippen molar-refractivity contribution < 1.29 is 13.9 Å². The van der Waals surface area contributed by atoms with Gasteiger partial charge in [-0.2, -0.15) is 0 Å². The molecule has 0 fully saturated rings. The first kappa shape index (κ1) is 11.3. The Morgan fingerprint density at radius 2 is 2.21 bits per heavy atom. The normalized spacial score (nSPS) is 11.0. The number of alkyl halides is 3. The van der Waals surface area contributed by atoms with Crippen molar-refractivity contribution in [3.8, 4) is 0 Å². The van der Waals surface area contributed by atoms with Crippen LogP contribution in [-0.2, 0) is 12.5 Å². The van der Waals surface area contributed by atoms with E-state index in [-0.39, 0.29) is 23.7 Å². The van der Waals surface area contributed by atoms with E-state index in [1.807, 2.05) is 0 Å². The predicted molar refractivity (Wildman–Crippen MR) is 49.4 cm³/mol. The highest BCUT2D eigenvalue weighted by Gasteiger charge is 2.15. The Labute approximate surface area is 85.5 Å². The molecule has 0 radical (unpaired) electrons. The van der Waals surface area contributed by atoms with E-state index >= 15 is 0 Å². The van der Waals surface area contributed by atoms with Gasteiger partial charge < -0.3 is 5.11 Å². The van der Waals surface area contributed by atoms with Crippen molar-refractivity contribution in [1.82, 2.24) is 4.98 Å². The number of aliphatic hydroxyl groups excluding tert-OH is 1. The molecular formula is C9H10ClF2NO. The number of hydrogen-bond donors (Lipinski definition) is 1. The van der Waals surface area contributed by atoms with Crippen LogP contribution < -0.4 is 0 Å². The van der Waals surface area contributed by atoms with Crippen LogP contribution in [0.1, 0.15) is 28.9 Å². The molecule has 0 aliphatic heterocycles. The number of aromatic nitrogens is 1. The van der Waals surface area contributed by atoms with Crippen LogP contribution in [0.15, 0.2) is 6.07 Å². The molecule has 1 aromatic rings. The van der Waals surface area contributed by atoms with Crippen LogP contribution in [0.2, 0.25) is 0 Å². The molecule has 1 aromatic heterocycles. The van der Waals surface area contributed by atoms with Gasteiger partial charge in [-0.15, -0.1) is 11.6 Å². The van der Waals surface area contributed by atoms with Gasteiger partial charge in [0, 0.05) is 5.56 Å². The zero-order chi connectivity index (χ0) is 10.7. The SMILES string of the molecule is Cc1c(C(F)F)cc(CCl)nc1CO. The second kappa shape index (κ2) is 4.66. The lowest BCUT2D eigenvalue weighted by Gasteiger charge is -2.10. The summed E-state index contributed by atoms with van der Waals surface area (Å²) in [6, 6.07) is 1.27. The third-order valence-electron chi connectivity index (χ3n) is 1.99. The first-order chi connectivity index (χ1) is 6.60. The van der Waals surface area contributed by atoms with Gasteiger partial charge in [-0.25, -0.2) is 8.78 Å². The fourth-order valence-corrected chi connectivity index (χ4v) is 1.33. The molecule has 0 aromatic carbocycles. The fourth-order valence-electron chi connectivity index (χ4n) is 1.19. The second-order valence-corrected chi connectivity index (χ2v) is 3.13. The average molecular weight is 222 g/mol. The van der Waals surface area contributed by atoms with E-state index in [0.717, 1.165) is 0 Å². The molecule has 0 aliphatic rings. The highest BCUT2D eigenvalue weighted by atomic mass is 35.5. The summed E-state index contributed by atoms with van der Waals surface area (Å²) in [5.41, 5.74) is 0.839. The van der Waals surface area contributed by atoms with Gasteiger partial charge in [0.25, 0.3) is 6.43 Å². The summed E-state index contributed by atoms with van der Waals surface area (Å²) in [5.74, 6) is 0.0625. The minimum atomic E-state index is -2.56. The van der Waals surface area contributed by atoms with Crippen LogP contribution in [-0.4, -0.2) is 10.1 Å². The fraction of sp³-hybridized carbons (Fsp3) is 0.444. The molecule has 5 heteroatoms. The number of hydrogen-bond acceptors (Lipinski definition) is 2. The van der Waals surface area contributed by atoms with Crippen molar-refractivity contribution in [3.63, 3.8) is 0 Å². The van der Waals surface area contributed by atoms with E-state index in [9.17, 15) is 8.78 Å². The van der Waals surface area contributed by atoms with Crippen LogP contribution in [0.3, 0.4) is 0 Å². The van der Waals surface area contributed by atoms with Crippen LogP contribution in [0.4, 0.5) is 8.78 Å². The Morgan fingerprint density at radius 1 is 1.57 bits per heavy atom. The molecule has 1 N–H and O–H groups in total. The topological polar surface area (TPSA) is 33.1 Å². The van der Waals surface area contributed by atoms with E-state index in [2.05, 4.69) is 4.98 Å². The number of halogens is 3. The lowest BCUT2D eigenvalue weighted by atomic mass is 10.1. The Balaban J connectivity index is 3.27. The average Bonchev–Trinajstić information content (AvgIpc) is 2.17. The maximum Gasteiger partial charge on any atom is 0.264 e. The standard InChI is InChI=1S/C9H10ClF2NO/c1-5-7(9(11)12)2-6(3-10)13-8(5)4-14/h2,9,14H,3-4H2,1H3. The summed E-state index contributed by atoms with van der Waals surface area (Å²) in [7, 11) is 0. The molecular weight excluding hydrogens is 212 g/mol. The molecule has 0 unspecified atom stereocenters. The maximum atomic E-state index is 12.5. The van der Waals surface area contributed by atoms with Crippen molar-refractivity contribution in [2.24, 2.45) is 0 Å². The summed E-state index contributed by atoms with van der Waals surface area (Å²) >= 11 is 5.50. The first-order valence-corrected chi connectivity index (χ1v) is 4.57. The highest BCUT2D eigenvalue weighted by molar-refractivity contribution is 6.16. The summed E-state index contributed by atoms with van der Waals surface area (Å²) in [6.45, 7) is 1.16. The van der Waals surface area contributed by atoms with Crippen molar-refractivity contribution in [2.75, 3.05) is 0 Å². The van der Waals surface area contributed by atoms with Crippen LogP contribution in [0, 0.1) is 6.92 Å². The van der Waals surface area contributed by atoms with E-state index in [0.29, 0.717) is 11.3 Å². The minimum absolute atomic E-state index is 0.0625. The lowest BCUT2D eigenvalue weighted by Crippen LogP contribution is -2.03. The lowest BCUT2D eigenvalue weighted by molar-refractivity contribution is 0.150. The van der Waals surface area contributed by atoms with Crippen molar-refractivity contribution in [2.45, 2.75) is 25.8 Å². The van der Waals surface area contributed by atoms with Gasteiger partial charge >= 0.3 is 0 Å². The monoisotopic (exact) mass is 221 g/mol. The molecule has 0 amide bonds. The number of pyridine rings is 1. The molecule has 14 heavy (non-hydrogen) atoms. The Bertz CT molecular complexity index is 331. The molecule has 0 saturated carbocycles. The van der Waals surface area contributed by atoms with Gasteiger partial charge in [0.2, 0.25) is 0 Å². The van der Waals surface area contributed by atoms with Gasteiger partial charge in [0.1, 0.15) is 0 Å². The van der Waals surface area contributed by atoms with E-state index in [1.165, 1.54) is 13.0 Å². The largest absolute Gasteiger partial charge is 0.390 e. The van der Waals surface area contributed by atoms with Gasteiger partial charge in [-0.05, 0) is 18.6 Å². The molecule has 0 aliphatic carbocycles. The second-order valence-electron chi connectivity index (χ2n) is 2.87. The number of nitrogens with zero attached hydrogens (tertiary/aromatic N) is 1. The third-order valence-corrected chi connectivity index (χ3v) is 2.26. The molecule has 0 saturated heterocycles. The summed E-state index contributed by atoms with van der Waals surface area (Å²) < 4.78 is 25.0. The van der Waals surface area contributed by atoms with Crippen molar-refractivity contribution in [3.05, 3.63) is 28.6 Å². The van der Waals surface area contributed by atoms with Gasteiger partial charge in [-0.1, -0.05) is 0 Å². The highest BCUT2D eigenvalue weighted by Crippen LogP contribution is 2.25. The van der Waals surface area contributed by atoms with Crippen molar-refractivity contribution in [1.29, 1.82) is 0 Å². The summed E-state index contributed by atoms with van der Waals surface area (Å²) in [4.78, 5) is 3.94.